The first-order chi connectivity index (χ1) is 18.6. The third-order valence-electron chi connectivity index (χ3n) is 6.92. The molecule has 39 heavy (non-hydrogen) atoms. The van der Waals surface area contributed by atoms with E-state index in [9.17, 15) is 14.7 Å². The number of dihydropyridines is 1. The summed E-state index contributed by atoms with van der Waals surface area (Å²) in [5, 5.41) is 24.9. The van der Waals surface area contributed by atoms with Crippen LogP contribution in [0.1, 0.15) is 50.9 Å². The van der Waals surface area contributed by atoms with Crippen molar-refractivity contribution in [3.63, 3.8) is 0 Å². The molecule has 0 aromatic heterocycles. The number of aliphatic carboxylic acids is 1. The number of nitrogens with one attached hydrogen (secondary N) is 2. The zero-order valence-corrected chi connectivity index (χ0v) is 23.2. The summed E-state index contributed by atoms with van der Waals surface area (Å²) in [6, 6.07) is 4.57. The summed E-state index contributed by atoms with van der Waals surface area (Å²) in [7, 11) is 1.50. The number of methoxy groups -OCH3 is 1. The Labute approximate surface area is 229 Å². The number of ether oxygens (including phenoxy) is 3. The van der Waals surface area contributed by atoms with Gasteiger partial charge in [-0.3, -0.25) is 4.79 Å². The van der Waals surface area contributed by atoms with Crippen molar-refractivity contribution >= 4 is 11.9 Å². The van der Waals surface area contributed by atoms with Gasteiger partial charge < -0.3 is 40.8 Å². The highest BCUT2D eigenvalue weighted by Crippen LogP contribution is 2.40. The predicted octanol–water partition coefficient (Wildman–Crippen LogP) is 3.00. The monoisotopic (exact) mass is 541 g/mol. The molecule has 212 valence electrons. The minimum absolute atomic E-state index is 0.0188. The second-order valence-corrected chi connectivity index (χ2v) is 9.83. The van der Waals surface area contributed by atoms with E-state index in [4.69, 9.17) is 25.1 Å². The van der Waals surface area contributed by atoms with Crippen molar-refractivity contribution in [1.29, 1.82) is 0 Å². The smallest absolute Gasteiger partial charge is 0.339 e. The van der Waals surface area contributed by atoms with E-state index in [-0.39, 0.29) is 42.4 Å². The third kappa shape index (κ3) is 6.46. The number of carbonyl (C=O) groups excluding carboxylic acids is 1. The molecule has 1 aromatic rings. The molecule has 2 aliphatic rings. The number of hydrogen-bond donors (Lipinski definition) is 5. The van der Waals surface area contributed by atoms with Gasteiger partial charge in [0.05, 0.1) is 32.1 Å². The van der Waals surface area contributed by atoms with E-state index in [1.54, 1.807) is 25.1 Å². The van der Waals surface area contributed by atoms with Crippen LogP contribution in [-0.4, -0.2) is 60.7 Å². The van der Waals surface area contributed by atoms with E-state index in [0.717, 1.165) is 0 Å². The van der Waals surface area contributed by atoms with E-state index in [2.05, 4.69) is 10.6 Å². The normalized spacial score (nSPS) is 19.3. The lowest BCUT2D eigenvalue weighted by Crippen LogP contribution is -2.47. The molecule has 2 unspecified atom stereocenters. The van der Waals surface area contributed by atoms with Gasteiger partial charge >= 0.3 is 5.97 Å². The lowest BCUT2D eigenvalue weighted by atomic mass is 9.80. The number of rotatable bonds is 13. The van der Waals surface area contributed by atoms with Gasteiger partial charge in [0.2, 0.25) is 0 Å². The molecule has 0 spiro atoms. The number of carboxylic acids is 1. The molecule has 1 aromatic carbocycles. The van der Waals surface area contributed by atoms with E-state index in [1.165, 1.54) is 7.11 Å². The summed E-state index contributed by atoms with van der Waals surface area (Å²) in [5.41, 5.74) is 7.75. The highest BCUT2D eigenvalue weighted by atomic mass is 16.5. The summed E-state index contributed by atoms with van der Waals surface area (Å²) >= 11 is 0. The Morgan fingerprint density at radius 1 is 1.23 bits per heavy atom. The highest BCUT2D eigenvalue weighted by Gasteiger charge is 2.41. The number of nitrogens with two attached hydrogens (primary N) is 1. The summed E-state index contributed by atoms with van der Waals surface area (Å²) in [5.74, 6) is -0.481. The lowest BCUT2D eigenvalue weighted by molar-refractivity contribution is -0.132. The van der Waals surface area contributed by atoms with Gasteiger partial charge in [-0.1, -0.05) is 26.8 Å². The molecule has 1 aliphatic heterocycles. The Morgan fingerprint density at radius 2 is 1.97 bits per heavy atom. The molecule has 1 aliphatic carbocycles. The van der Waals surface area contributed by atoms with Crippen LogP contribution < -0.4 is 25.8 Å². The second-order valence-electron chi connectivity index (χ2n) is 9.83. The zero-order chi connectivity index (χ0) is 28.7. The van der Waals surface area contributed by atoms with Crippen molar-refractivity contribution in [2.75, 3.05) is 26.9 Å². The topological polar surface area (TPSA) is 152 Å². The Hall–Kier alpha value is -3.76. The molecular formula is C29H39N3O7. The fourth-order valence-electron chi connectivity index (χ4n) is 4.62. The van der Waals surface area contributed by atoms with Gasteiger partial charge in [-0.25, -0.2) is 4.79 Å². The minimum atomic E-state index is -1.11. The number of amides is 1. The fourth-order valence-corrected chi connectivity index (χ4v) is 4.62. The van der Waals surface area contributed by atoms with Gasteiger partial charge in [-0.2, -0.15) is 0 Å². The SMILES string of the molecule is CCC1(OCC(NC(=O)c2ccc(OCCCO)c(OC)c2)C(C)C)C=CC=C2NC(C)=C(C(=O)O)C(N)=C21. The van der Waals surface area contributed by atoms with Crippen LogP contribution >= 0.6 is 0 Å². The molecule has 3 rings (SSSR count). The Morgan fingerprint density at radius 3 is 2.59 bits per heavy atom. The van der Waals surface area contributed by atoms with Gasteiger partial charge in [0, 0.05) is 35.6 Å². The molecule has 1 amide bonds. The number of fused-ring (bicyclic) bond motifs is 1. The number of aliphatic hydroxyl groups excluding tert-OH is 1. The lowest BCUT2D eigenvalue weighted by Gasteiger charge is -2.40. The van der Waals surface area contributed by atoms with Crippen LogP contribution in [0.25, 0.3) is 0 Å². The molecule has 10 nitrogen and oxygen atoms in total. The zero-order valence-electron chi connectivity index (χ0n) is 23.2. The van der Waals surface area contributed by atoms with Crippen LogP contribution in [0, 0.1) is 5.92 Å². The number of benzene rings is 1. The first-order valence-corrected chi connectivity index (χ1v) is 13.1. The number of allylic oxidation sites excluding steroid dienone is 3. The summed E-state index contributed by atoms with van der Waals surface area (Å²) < 4.78 is 17.5. The molecule has 0 radical (unpaired) electrons. The molecule has 1 heterocycles. The number of hydrogen-bond acceptors (Lipinski definition) is 8. The van der Waals surface area contributed by atoms with Gasteiger partial charge in [-0.05, 0) is 49.6 Å². The Balaban J connectivity index is 1.81. The van der Waals surface area contributed by atoms with Crippen LogP contribution in [0.3, 0.4) is 0 Å². The van der Waals surface area contributed by atoms with Crippen LogP contribution in [0.15, 0.2) is 64.7 Å². The number of carbonyl (C=O) groups is 2. The first kappa shape index (κ1) is 29.8. The summed E-state index contributed by atoms with van der Waals surface area (Å²) in [6.07, 6.45) is 6.56. The number of carboxylic acid groups (broad SMARTS) is 1. The first-order valence-electron chi connectivity index (χ1n) is 13.1. The van der Waals surface area contributed by atoms with Crippen LogP contribution in [0.5, 0.6) is 11.5 Å². The second kappa shape index (κ2) is 12.9. The van der Waals surface area contributed by atoms with E-state index in [1.807, 2.05) is 39.0 Å². The average Bonchev–Trinajstić information content (AvgIpc) is 2.90. The molecule has 0 fully saturated rings. The largest absolute Gasteiger partial charge is 0.493 e. The Bertz CT molecular complexity index is 1220. The van der Waals surface area contributed by atoms with E-state index < -0.39 is 11.6 Å². The molecule has 0 saturated carbocycles. The van der Waals surface area contributed by atoms with Crippen molar-refractivity contribution in [2.45, 2.75) is 52.2 Å². The van der Waals surface area contributed by atoms with Crippen molar-refractivity contribution < 1.29 is 34.0 Å². The van der Waals surface area contributed by atoms with Gasteiger partial charge in [0.15, 0.2) is 11.5 Å². The predicted molar refractivity (Wildman–Crippen MR) is 147 cm³/mol. The van der Waals surface area contributed by atoms with E-state index in [0.29, 0.717) is 53.5 Å². The molecule has 6 N–H and O–H groups in total. The maximum absolute atomic E-state index is 13.2. The maximum Gasteiger partial charge on any atom is 0.339 e. The van der Waals surface area contributed by atoms with Crippen LogP contribution in [0.2, 0.25) is 0 Å². The fraction of sp³-hybridized carbons (Fsp3) is 0.448. The Kier molecular flexibility index (Phi) is 9.82. The van der Waals surface area contributed by atoms with Crippen molar-refractivity contribution in [2.24, 2.45) is 11.7 Å². The molecule has 0 bridgehead atoms. The van der Waals surface area contributed by atoms with E-state index >= 15 is 0 Å². The van der Waals surface area contributed by atoms with Gasteiger partial charge in [-0.15, -0.1) is 0 Å². The summed E-state index contributed by atoms with van der Waals surface area (Å²) in [4.78, 5) is 25.1. The highest BCUT2D eigenvalue weighted by molar-refractivity contribution is 5.95. The molecule has 0 saturated heterocycles. The standard InChI is InChI=1S/C29H39N3O7/c1-6-29(12-7-9-20-25(29)26(30)24(28(35)36)18(4)31-20)39-16-21(17(2)3)32-27(34)19-10-11-22(23(15-19)37-5)38-14-8-13-33/h7,9-12,15,17,21,31,33H,6,8,13-14,16,30H2,1-5H3,(H,32,34)(H,35,36). The molecule has 2 atom stereocenters. The van der Waals surface area contributed by atoms with Gasteiger partial charge in [0.1, 0.15) is 11.2 Å². The quantitative estimate of drug-likeness (QED) is 0.237. The average molecular weight is 542 g/mol. The van der Waals surface area contributed by atoms with Crippen molar-refractivity contribution in [1.82, 2.24) is 10.6 Å². The van der Waals surface area contributed by atoms with Crippen LogP contribution in [0.4, 0.5) is 0 Å². The number of aliphatic hydroxyl groups is 1. The van der Waals surface area contributed by atoms with Crippen molar-refractivity contribution in [3.05, 3.63) is 70.2 Å². The molecular weight excluding hydrogens is 502 g/mol. The van der Waals surface area contributed by atoms with Crippen molar-refractivity contribution in [3.8, 4) is 11.5 Å². The van der Waals surface area contributed by atoms with Crippen LogP contribution in [-0.2, 0) is 9.53 Å². The molecule has 10 heteroatoms. The maximum atomic E-state index is 13.2. The van der Waals surface area contributed by atoms with Gasteiger partial charge in [0.25, 0.3) is 5.91 Å². The minimum Gasteiger partial charge on any atom is -0.493 e. The third-order valence-corrected chi connectivity index (χ3v) is 6.92. The summed E-state index contributed by atoms with van der Waals surface area (Å²) in [6.45, 7) is 8.10.